The van der Waals surface area contributed by atoms with Gasteiger partial charge >= 0.3 is 0 Å². The van der Waals surface area contributed by atoms with E-state index in [0.717, 1.165) is 26.4 Å². The quantitative estimate of drug-likeness (QED) is 0.921. The van der Waals surface area contributed by atoms with Crippen LogP contribution in [0.15, 0.2) is 27.6 Å². The van der Waals surface area contributed by atoms with E-state index in [1.807, 2.05) is 25.3 Å². The fraction of sp³-hybridized carbons (Fsp3) is 0.364. The fourth-order valence-corrected chi connectivity index (χ4v) is 3.06. The summed E-state index contributed by atoms with van der Waals surface area (Å²) in [6, 6.07) is 4.03. The molecule has 0 aliphatic heterocycles. The molecule has 2 N–H and O–H groups in total. The van der Waals surface area contributed by atoms with Crippen molar-refractivity contribution in [3.05, 3.63) is 29.0 Å². The predicted molar refractivity (Wildman–Crippen MR) is 70.2 cm³/mol. The Labute approximate surface area is 109 Å². The van der Waals surface area contributed by atoms with Crippen LogP contribution < -0.4 is 5.73 Å². The molecule has 0 saturated heterocycles. The van der Waals surface area contributed by atoms with E-state index in [4.69, 9.17) is 5.73 Å². The highest BCUT2D eigenvalue weighted by atomic mass is 32.2. The van der Waals surface area contributed by atoms with E-state index in [9.17, 15) is 0 Å². The third kappa shape index (κ3) is 3.24. The first kappa shape index (κ1) is 12.5. The minimum absolute atomic E-state index is 0.0258. The van der Waals surface area contributed by atoms with Crippen LogP contribution in [-0.4, -0.2) is 15.2 Å². The van der Waals surface area contributed by atoms with Crippen molar-refractivity contribution in [3.8, 4) is 0 Å². The van der Waals surface area contributed by atoms with Crippen molar-refractivity contribution in [1.82, 2.24) is 15.2 Å². The number of hydrogen-bond acceptors (Lipinski definition) is 6. The van der Waals surface area contributed by atoms with Crippen LogP contribution >= 0.6 is 23.1 Å². The van der Waals surface area contributed by atoms with Gasteiger partial charge in [0.1, 0.15) is 5.01 Å². The summed E-state index contributed by atoms with van der Waals surface area (Å²) in [6.07, 6.45) is 2.74. The zero-order chi connectivity index (χ0) is 12.3. The molecule has 1 unspecified atom stereocenters. The number of aryl methyl sites for hydroxylation is 1. The number of nitrogens with two attached hydrogens (primary N) is 1. The maximum atomic E-state index is 5.91. The zero-order valence-electron chi connectivity index (χ0n) is 9.75. The van der Waals surface area contributed by atoms with E-state index in [0.29, 0.717) is 0 Å². The maximum absolute atomic E-state index is 5.91. The van der Waals surface area contributed by atoms with Gasteiger partial charge in [-0.05, 0) is 25.5 Å². The summed E-state index contributed by atoms with van der Waals surface area (Å²) in [7, 11) is 0. The molecule has 0 radical (unpaired) electrons. The lowest BCUT2D eigenvalue weighted by molar-refractivity contribution is 0.674. The second-order valence-electron chi connectivity index (χ2n) is 3.62. The molecule has 0 aliphatic carbocycles. The highest BCUT2D eigenvalue weighted by Gasteiger charge is 2.06. The van der Waals surface area contributed by atoms with Gasteiger partial charge in [-0.25, -0.2) is 0 Å². The first-order valence-corrected chi connectivity index (χ1v) is 7.02. The van der Waals surface area contributed by atoms with E-state index < -0.39 is 0 Å². The number of hydrogen-bond donors (Lipinski definition) is 1. The van der Waals surface area contributed by atoms with Crippen LogP contribution in [-0.2, 0) is 0 Å². The molecule has 0 amide bonds. The standard InChI is InChI=1S/C11H14N4S2/c1-3-9(12)10-5-4-8(6-13-10)17-11-15-14-7(2)16-11/h4-6,9H,3,12H2,1-2H3. The molecule has 6 heteroatoms. The molecular weight excluding hydrogens is 252 g/mol. The lowest BCUT2D eigenvalue weighted by Crippen LogP contribution is -2.10. The lowest BCUT2D eigenvalue weighted by Gasteiger charge is -2.07. The molecule has 2 aromatic rings. The van der Waals surface area contributed by atoms with Crippen molar-refractivity contribution in [3.63, 3.8) is 0 Å². The van der Waals surface area contributed by atoms with Gasteiger partial charge in [-0.1, -0.05) is 30.0 Å². The largest absolute Gasteiger partial charge is 0.323 e. The normalized spacial score (nSPS) is 12.6. The smallest absolute Gasteiger partial charge is 0.179 e. The Morgan fingerprint density at radius 1 is 1.41 bits per heavy atom. The van der Waals surface area contributed by atoms with Crippen molar-refractivity contribution in [1.29, 1.82) is 0 Å². The molecule has 0 saturated carbocycles. The van der Waals surface area contributed by atoms with E-state index in [2.05, 4.69) is 22.1 Å². The van der Waals surface area contributed by atoms with Crippen LogP contribution in [0, 0.1) is 6.92 Å². The van der Waals surface area contributed by atoms with Crippen LogP contribution in [0.4, 0.5) is 0 Å². The first-order chi connectivity index (χ1) is 8.19. The number of rotatable bonds is 4. The minimum Gasteiger partial charge on any atom is -0.323 e. The van der Waals surface area contributed by atoms with Gasteiger partial charge in [0, 0.05) is 17.1 Å². The summed E-state index contributed by atoms with van der Waals surface area (Å²) in [4.78, 5) is 5.43. The van der Waals surface area contributed by atoms with Crippen LogP contribution in [0.25, 0.3) is 0 Å². The molecule has 0 spiro atoms. The Bertz CT molecular complexity index is 480. The Kier molecular flexibility index (Phi) is 4.09. The third-order valence-electron chi connectivity index (χ3n) is 2.29. The molecule has 2 heterocycles. The highest BCUT2D eigenvalue weighted by Crippen LogP contribution is 2.29. The molecule has 2 aromatic heterocycles. The Morgan fingerprint density at radius 3 is 2.76 bits per heavy atom. The second kappa shape index (κ2) is 5.57. The van der Waals surface area contributed by atoms with Gasteiger partial charge in [0.05, 0.1) is 5.69 Å². The average Bonchev–Trinajstić information content (AvgIpc) is 2.75. The Hall–Kier alpha value is -0.980. The molecular formula is C11H14N4S2. The van der Waals surface area contributed by atoms with E-state index in [-0.39, 0.29) is 6.04 Å². The summed E-state index contributed by atoms with van der Waals surface area (Å²) in [6.45, 7) is 4.00. The SMILES string of the molecule is CCC(N)c1ccc(Sc2nnc(C)s2)cn1. The number of pyridine rings is 1. The monoisotopic (exact) mass is 266 g/mol. The van der Waals surface area contributed by atoms with Gasteiger partial charge < -0.3 is 5.73 Å². The second-order valence-corrected chi connectivity index (χ2v) is 6.12. The van der Waals surface area contributed by atoms with Crippen molar-refractivity contribution in [2.75, 3.05) is 0 Å². The Morgan fingerprint density at radius 2 is 2.24 bits per heavy atom. The first-order valence-electron chi connectivity index (χ1n) is 5.38. The molecule has 4 nitrogen and oxygen atoms in total. The number of nitrogens with zero attached hydrogens (tertiary/aromatic N) is 3. The summed E-state index contributed by atoms with van der Waals surface area (Å²) < 4.78 is 0.942. The summed E-state index contributed by atoms with van der Waals surface area (Å²) in [5.74, 6) is 0. The van der Waals surface area contributed by atoms with Gasteiger partial charge in [0.25, 0.3) is 0 Å². The molecule has 2 rings (SSSR count). The van der Waals surface area contributed by atoms with Crippen LogP contribution in [0.5, 0.6) is 0 Å². The third-order valence-corrected chi connectivity index (χ3v) is 4.16. The molecule has 0 aromatic carbocycles. The predicted octanol–water partition coefficient (Wildman–Crippen LogP) is 2.80. The summed E-state index contributed by atoms with van der Waals surface area (Å²) in [5, 5.41) is 9.02. The van der Waals surface area contributed by atoms with Crippen LogP contribution in [0.3, 0.4) is 0 Å². The average molecular weight is 266 g/mol. The zero-order valence-corrected chi connectivity index (χ0v) is 11.4. The molecule has 0 aliphatic rings. The topological polar surface area (TPSA) is 64.7 Å². The molecule has 0 bridgehead atoms. The van der Waals surface area contributed by atoms with E-state index in [1.54, 1.807) is 23.1 Å². The van der Waals surface area contributed by atoms with Crippen LogP contribution in [0.1, 0.15) is 30.1 Å². The van der Waals surface area contributed by atoms with Crippen molar-refractivity contribution in [2.45, 2.75) is 35.5 Å². The lowest BCUT2D eigenvalue weighted by atomic mass is 10.1. The minimum atomic E-state index is 0.0258. The highest BCUT2D eigenvalue weighted by molar-refractivity contribution is 8.01. The molecule has 0 fully saturated rings. The molecule has 90 valence electrons. The van der Waals surface area contributed by atoms with Crippen molar-refractivity contribution >= 4 is 23.1 Å². The van der Waals surface area contributed by atoms with Gasteiger partial charge in [-0.15, -0.1) is 10.2 Å². The summed E-state index contributed by atoms with van der Waals surface area (Å²) in [5.41, 5.74) is 6.85. The van der Waals surface area contributed by atoms with Crippen molar-refractivity contribution < 1.29 is 0 Å². The van der Waals surface area contributed by atoms with Crippen molar-refractivity contribution in [2.24, 2.45) is 5.73 Å². The molecule has 1 atom stereocenters. The summed E-state index contributed by atoms with van der Waals surface area (Å²) >= 11 is 3.16. The maximum Gasteiger partial charge on any atom is 0.179 e. The van der Waals surface area contributed by atoms with E-state index >= 15 is 0 Å². The fourth-order valence-electron chi connectivity index (χ4n) is 1.30. The van der Waals surface area contributed by atoms with E-state index in [1.165, 1.54) is 0 Å². The van der Waals surface area contributed by atoms with Crippen LogP contribution in [0.2, 0.25) is 0 Å². The number of aromatic nitrogens is 3. The van der Waals surface area contributed by atoms with Gasteiger partial charge in [-0.2, -0.15) is 0 Å². The molecule has 17 heavy (non-hydrogen) atoms. The van der Waals surface area contributed by atoms with Gasteiger partial charge in [0.15, 0.2) is 4.34 Å². The Balaban J connectivity index is 2.08. The van der Waals surface area contributed by atoms with Gasteiger partial charge in [-0.3, -0.25) is 4.98 Å². The van der Waals surface area contributed by atoms with Gasteiger partial charge in [0.2, 0.25) is 0 Å².